The van der Waals surface area contributed by atoms with Crippen molar-refractivity contribution in [1.29, 1.82) is 0 Å². The van der Waals surface area contributed by atoms with Gasteiger partial charge in [0.05, 0.1) is 15.8 Å². The molecule has 0 saturated heterocycles. The van der Waals surface area contributed by atoms with E-state index in [-0.39, 0.29) is 0 Å². The molecule has 1 heterocycles. The molecule has 12 aromatic rings. The van der Waals surface area contributed by atoms with Crippen molar-refractivity contribution < 1.29 is 0 Å². The van der Waals surface area contributed by atoms with Gasteiger partial charge in [-0.05, 0) is 196 Å². The van der Waals surface area contributed by atoms with Crippen LogP contribution in [0.5, 0.6) is 0 Å². The summed E-state index contributed by atoms with van der Waals surface area (Å²) in [5, 5.41) is 7.57. The lowest BCUT2D eigenvalue weighted by Crippen LogP contribution is -2.33. The summed E-state index contributed by atoms with van der Waals surface area (Å²) in [6, 6.07) is 80.2. The van der Waals surface area contributed by atoms with Crippen LogP contribution in [0.1, 0.15) is 55.6 Å². The van der Waals surface area contributed by atoms with Crippen LogP contribution in [0.25, 0.3) is 75.1 Å². The van der Waals surface area contributed by atoms with Crippen LogP contribution < -0.4 is 4.90 Å². The summed E-state index contributed by atoms with van der Waals surface area (Å²) >= 11 is 1.88. The van der Waals surface area contributed by atoms with Gasteiger partial charge in [-0.3, -0.25) is 0 Å². The summed E-state index contributed by atoms with van der Waals surface area (Å²) in [5.74, 6) is 0. The first-order chi connectivity index (χ1) is 34.6. The van der Waals surface area contributed by atoms with E-state index in [2.05, 4.69) is 259 Å². The third kappa shape index (κ3) is 6.80. The largest absolute Gasteiger partial charge is 0.309 e. The van der Waals surface area contributed by atoms with Crippen LogP contribution in [-0.4, -0.2) is 0 Å². The molecule has 11 aromatic carbocycles. The standard InChI is InChI=1S/C69H53NS/c1-42-34-44(3)66(45(4)35-42)69(67-46(5)36-43(2)37-47(67)6)62-19-11-9-16-58(62)59-33-32-57(41-63(59)69)70(64-20-13-18-61-60-17-10-12-21-65(60)71-68(61)64)56-30-28-49(29-31-56)51-24-25-54-40-55(27-26-53(54)39-51)52-23-22-48-14-7-8-15-50(48)38-52/h7-41H,1-6H3. The normalized spacial score (nSPS) is 12.8. The number of nitrogens with zero attached hydrogens (tertiary/aromatic N) is 1. The minimum absolute atomic E-state index is 0.558. The molecule has 1 nitrogen and oxygen atoms in total. The Morgan fingerprint density at radius 1 is 0.352 bits per heavy atom. The molecule has 71 heavy (non-hydrogen) atoms. The van der Waals surface area contributed by atoms with Crippen LogP contribution in [0.3, 0.4) is 0 Å². The zero-order valence-corrected chi connectivity index (χ0v) is 41.9. The summed E-state index contributed by atoms with van der Waals surface area (Å²) < 4.78 is 2.57. The highest BCUT2D eigenvalue weighted by Gasteiger charge is 2.49. The van der Waals surface area contributed by atoms with Crippen molar-refractivity contribution in [1.82, 2.24) is 0 Å². The van der Waals surface area contributed by atoms with E-state index in [1.807, 2.05) is 11.3 Å². The van der Waals surface area contributed by atoms with Crippen LogP contribution in [0.15, 0.2) is 212 Å². The van der Waals surface area contributed by atoms with Crippen molar-refractivity contribution in [2.45, 2.75) is 47.0 Å². The summed E-state index contributed by atoms with van der Waals surface area (Å²) in [7, 11) is 0. The van der Waals surface area contributed by atoms with Crippen LogP contribution >= 0.6 is 11.3 Å². The zero-order chi connectivity index (χ0) is 48.1. The first kappa shape index (κ1) is 43.0. The monoisotopic (exact) mass is 927 g/mol. The van der Waals surface area contributed by atoms with Crippen molar-refractivity contribution in [2.24, 2.45) is 0 Å². The van der Waals surface area contributed by atoms with Gasteiger partial charge in [-0.25, -0.2) is 0 Å². The number of aryl methyl sites for hydroxylation is 6. The van der Waals surface area contributed by atoms with E-state index in [0.29, 0.717) is 0 Å². The molecule has 0 radical (unpaired) electrons. The Bertz CT molecular complexity index is 4030. The van der Waals surface area contributed by atoms with Gasteiger partial charge in [-0.2, -0.15) is 0 Å². The van der Waals surface area contributed by atoms with Crippen LogP contribution in [0.2, 0.25) is 0 Å². The van der Waals surface area contributed by atoms with Crippen molar-refractivity contribution >= 4 is 70.1 Å². The van der Waals surface area contributed by atoms with Gasteiger partial charge in [0.1, 0.15) is 0 Å². The topological polar surface area (TPSA) is 3.24 Å². The predicted octanol–water partition coefficient (Wildman–Crippen LogP) is 19.4. The molecule has 0 atom stereocenters. The second-order valence-corrected chi connectivity index (χ2v) is 21.1. The smallest absolute Gasteiger partial charge is 0.0724 e. The van der Waals surface area contributed by atoms with E-state index in [1.54, 1.807) is 0 Å². The highest BCUT2D eigenvalue weighted by Crippen LogP contribution is 2.60. The van der Waals surface area contributed by atoms with Crippen molar-refractivity contribution in [3.05, 3.63) is 268 Å². The summed E-state index contributed by atoms with van der Waals surface area (Å²) in [6.07, 6.45) is 0. The van der Waals surface area contributed by atoms with Crippen LogP contribution in [0, 0.1) is 41.5 Å². The van der Waals surface area contributed by atoms with E-state index in [0.717, 1.165) is 11.4 Å². The summed E-state index contributed by atoms with van der Waals surface area (Å²) in [4.78, 5) is 2.52. The number of hydrogen-bond acceptors (Lipinski definition) is 2. The van der Waals surface area contributed by atoms with Crippen molar-refractivity contribution in [2.75, 3.05) is 4.90 Å². The molecular weight excluding hydrogens is 875 g/mol. The van der Waals surface area contributed by atoms with Gasteiger partial charge in [0.25, 0.3) is 0 Å². The second kappa shape index (κ2) is 16.5. The number of thiophene rings is 1. The quantitative estimate of drug-likeness (QED) is 0.154. The van der Waals surface area contributed by atoms with Gasteiger partial charge in [-0.1, -0.05) is 169 Å². The minimum Gasteiger partial charge on any atom is -0.309 e. The summed E-state index contributed by atoms with van der Waals surface area (Å²) in [6.45, 7) is 13.8. The molecule has 0 aliphatic heterocycles. The number of fused-ring (bicyclic) bond motifs is 8. The Balaban J connectivity index is 0.993. The number of hydrogen-bond donors (Lipinski definition) is 0. The van der Waals surface area contributed by atoms with Gasteiger partial charge in [-0.15, -0.1) is 11.3 Å². The zero-order valence-electron chi connectivity index (χ0n) is 41.1. The molecule has 0 amide bonds. The van der Waals surface area contributed by atoms with E-state index in [1.165, 1.54) is 136 Å². The highest BCUT2D eigenvalue weighted by atomic mass is 32.1. The minimum atomic E-state index is -0.558. The van der Waals surface area contributed by atoms with Gasteiger partial charge in [0, 0.05) is 26.8 Å². The lowest BCUT2D eigenvalue weighted by molar-refractivity contribution is 0.738. The fourth-order valence-corrected chi connectivity index (χ4v) is 13.9. The molecule has 340 valence electrons. The molecule has 13 rings (SSSR count). The second-order valence-electron chi connectivity index (χ2n) is 20.0. The van der Waals surface area contributed by atoms with Crippen LogP contribution in [-0.2, 0) is 5.41 Å². The first-order valence-electron chi connectivity index (χ1n) is 24.9. The van der Waals surface area contributed by atoms with Gasteiger partial charge < -0.3 is 4.90 Å². The first-order valence-corrected chi connectivity index (χ1v) is 25.7. The Kier molecular flexibility index (Phi) is 10.0. The molecule has 2 heteroatoms. The van der Waals surface area contributed by atoms with Crippen LogP contribution in [0.4, 0.5) is 17.1 Å². The maximum atomic E-state index is 2.54. The Labute approximate surface area is 421 Å². The Morgan fingerprint density at radius 3 is 1.51 bits per heavy atom. The third-order valence-corrected chi connectivity index (χ3v) is 16.6. The molecule has 0 spiro atoms. The number of benzene rings is 11. The highest BCUT2D eigenvalue weighted by molar-refractivity contribution is 7.26. The molecule has 0 N–H and O–H groups in total. The van der Waals surface area contributed by atoms with Gasteiger partial charge in [0.2, 0.25) is 0 Å². The molecule has 1 aliphatic rings. The molecule has 0 unspecified atom stereocenters. The van der Waals surface area contributed by atoms with Crippen molar-refractivity contribution in [3.8, 4) is 33.4 Å². The van der Waals surface area contributed by atoms with E-state index in [9.17, 15) is 0 Å². The maximum Gasteiger partial charge on any atom is 0.0724 e. The Hall–Kier alpha value is -8.04. The maximum absolute atomic E-state index is 2.54. The summed E-state index contributed by atoms with van der Waals surface area (Å²) in [5.41, 5.74) is 23.6. The lowest BCUT2D eigenvalue weighted by Gasteiger charge is -2.39. The predicted molar refractivity (Wildman–Crippen MR) is 306 cm³/mol. The molecule has 0 fully saturated rings. The lowest BCUT2D eigenvalue weighted by atomic mass is 9.63. The molecule has 0 saturated carbocycles. The number of anilines is 3. The average Bonchev–Trinajstić information content (AvgIpc) is 3.90. The van der Waals surface area contributed by atoms with Crippen molar-refractivity contribution in [3.63, 3.8) is 0 Å². The fourth-order valence-electron chi connectivity index (χ4n) is 12.7. The van der Waals surface area contributed by atoms with Gasteiger partial charge >= 0.3 is 0 Å². The molecular formula is C69H53NS. The average molecular weight is 928 g/mol. The fraction of sp³-hybridized carbons (Fsp3) is 0.101. The van der Waals surface area contributed by atoms with Gasteiger partial charge in [0.15, 0.2) is 0 Å². The molecule has 1 aliphatic carbocycles. The third-order valence-electron chi connectivity index (χ3n) is 15.4. The molecule has 0 bridgehead atoms. The van der Waals surface area contributed by atoms with E-state index >= 15 is 0 Å². The molecule has 1 aromatic heterocycles. The van der Waals surface area contributed by atoms with E-state index < -0.39 is 5.41 Å². The number of rotatable bonds is 7. The SMILES string of the molecule is Cc1cc(C)c(C2(c3c(C)cc(C)cc3C)c3ccccc3-c3ccc(N(c4ccc(-c5ccc6cc(-c7ccc8ccccc8c7)ccc6c5)cc4)c4cccc5c4sc4ccccc45)cc32)c(C)c1. The van der Waals surface area contributed by atoms with E-state index in [4.69, 9.17) is 0 Å². The Morgan fingerprint density at radius 2 is 0.845 bits per heavy atom.